The Kier molecular flexibility index (Phi) is 4.66. The highest BCUT2D eigenvalue weighted by atomic mass is 16.7. The quantitative estimate of drug-likeness (QED) is 0.350. The van der Waals surface area contributed by atoms with Gasteiger partial charge in [-0.15, -0.1) is 0 Å². The molecule has 1 unspecified atom stereocenters. The van der Waals surface area contributed by atoms with E-state index in [-0.39, 0.29) is 11.8 Å². The molecule has 0 aliphatic rings. The Balaban J connectivity index is 2.63. The van der Waals surface area contributed by atoms with Gasteiger partial charge in [0.1, 0.15) is 6.04 Å². The van der Waals surface area contributed by atoms with Crippen LogP contribution < -0.4 is 11.5 Å². The number of nitrogens with zero attached hydrogens (tertiary/aromatic N) is 1. The highest BCUT2D eigenvalue weighted by Gasteiger charge is 2.19. The number of carbonyl (C=O) groups is 1. The second kappa shape index (κ2) is 6.00. The Morgan fingerprint density at radius 3 is 2.41 bits per heavy atom. The van der Waals surface area contributed by atoms with Crippen LogP contribution in [-0.2, 0) is 9.63 Å². The standard InChI is InChI=1S/C12H17N3O2/c1-8(2)10(13)12(16)17-15-11(14)9-6-4-3-5-7-9/h3-8,10H,13H2,1-2H3,(H2,14,15). The van der Waals surface area contributed by atoms with E-state index in [1.54, 1.807) is 12.1 Å². The molecule has 0 spiro atoms. The van der Waals surface area contributed by atoms with Gasteiger partial charge >= 0.3 is 5.97 Å². The minimum Gasteiger partial charge on any atom is -0.380 e. The smallest absolute Gasteiger partial charge is 0.351 e. The third-order valence-corrected chi connectivity index (χ3v) is 2.29. The number of nitrogens with two attached hydrogens (primary N) is 2. The summed E-state index contributed by atoms with van der Waals surface area (Å²) in [6.07, 6.45) is 0. The summed E-state index contributed by atoms with van der Waals surface area (Å²) >= 11 is 0. The van der Waals surface area contributed by atoms with Crippen LogP contribution in [0.2, 0.25) is 0 Å². The largest absolute Gasteiger partial charge is 0.380 e. The fourth-order valence-electron chi connectivity index (χ4n) is 1.09. The lowest BCUT2D eigenvalue weighted by Gasteiger charge is -2.11. The zero-order valence-electron chi connectivity index (χ0n) is 9.96. The summed E-state index contributed by atoms with van der Waals surface area (Å²) in [6, 6.07) is 8.35. The molecule has 1 rings (SSSR count). The Hall–Kier alpha value is -1.88. The van der Waals surface area contributed by atoms with E-state index in [0.29, 0.717) is 5.56 Å². The first-order valence-corrected chi connectivity index (χ1v) is 5.37. The summed E-state index contributed by atoms with van der Waals surface area (Å²) in [6.45, 7) is 3.66. The van der Waals surface area contributed by atoms with E-state index in [1.807, 2.05) is 32.0 Å². The second-order valence-electron chi connectivity index (χ2n) is 4.02. The molecule has 92 valence electrons. The third-order valence-electron chi connectivity index (χ3n) is 2.29. The summed E-state index contributed by atoms with van der Waals surface area (Å²) in [5, 5.41) is 3.56. The van der Waals surface area contributed by atoms with Crippen LogP contribution in [0.4, 0.5) is 0 Å². The van der Waals surface area contributed by atoms with Crippen LogP contribution >= 0.6 is 0 Å². The van der Waals surface area contributed by atoms with Crippen molar-refractivity contribution in [3.05, 3.63) is 35.9 Å². The zero-order valence-corrected chi connectivity index (χ0v) is 9.96. The maximum absolute atomic E-state index is 11.4. The molecule has 0 aliphatic carbocycles. The molecular formula is C12H17N3O2. The van der Waals surface area contributed by atoms with Gasteiger partial charge in [0.25, 0.3) is 0 Å². The molecule has 0 amide bonds. The number of oxime groups is 1. The fraction of sp³-hybridized carbons (Fsp3) is 0.333. The number of hydrogen-bond acceptors (Lipinski definition) is 4. The Morgan fingerprint density at radius 2 is 1.88 bits per heavy atom. The topological polar surface area (TPSA) is 90.7 Å². The second-order valence-corrected chi connectivity index (χ2v) is 4.02. The molecule has 4 N–H and O–H groups in total. The van der Waals surface area contributed by atoms with E-state index in [1.165, 1.54) is 0 Å². The van der Waals surface area contributed by atoms with Gasteiger partial charge in [-0.3, -0.25) is 0 Å². The third kappa shape index (κ3) is 3.88. The summed E-state index contributed by atoms with van der Waals surface area (Å²) in [7, 11) is 0. The van der Waals surface area contributed by atoms with E-state index in [4.69, 9.17) is 11.5 Å². The number of hydrogen-bond donors (Lipinski definition) is 2. The predicted octanol–water partition coefficient (Wildman–Crippen LogP) is 0.833. The van der Waals surface area contributed by atoms with Crippen molar-refractivity contribution in [3.63, 3.8) is 0 Å². The van der Waals surface area contributed by atoms with E-state index in [0.717, 1.165) is 0 Å². The monoisotopic (exact) mass is 235 g/mol. The minimum absolute atomic E-state index is 0.00403. The molecule has 0 saturated carbocycles. The summed E-state index contributed by atoms with van der Waals surface area (Å²) in [5.41, 5.74) is 11.9. The average Bonchev–Trinajstić information content (AvgIpc) is 2.35. The van der Waals surface area contributed by atoms with Gasteiger partial charge in [-0.1, -0.05) is 49.3 Å². The average molecular weight is 235 g/mol. The van der Waals surface area contributed by atoms with Crippen molar-refractivity contribution < 1.29 is 9.63 Å². The molecule has 0 aliphatic heterocycles. The molecule has 0 radical (unpaired) electrons. The highest BCUT2D eigenvalue weighted by Crippen LogP contribution is 2.02. The van der Waals surface area contributed by atoms with E-state index >= 15 is 0 Å². The maximum atomic E-state index is 11.4. The molecule has 0 heterocycles. The lowest BCUT2D eigenvalue weighted by molar-refractivity contribution is -0.146. The van der Waals surface area contributed by atoms with Gasteiger partial charge < -0.3 is 16.3 Å². The van der Waals surface area contributed by atoms with Crippen molar-refractivity contribution in [2.75, 3.05) is 0 Å². The first-order chi connectivity index (χ1) is 8.02. The SMILES string of the molecule is CC(C)C(N)C(=O)O/N=C(\N)c1ccccc1. The molecule has 1 aromatic carbocycles. The Bertz CT molecular complexity index is 401. The van der Waals surface area contributed by atoms with Crippen LogP contribution in [0.1, 0.15) is 19.4 Å². The van der Waals surface area contributed by atoms with Gasteiger partial charge in [0, 0.05) is 5.56 Å². The molecular weight excluding hydrogens is 218 g/mol. The lowest BCUT2D eigenvalue weighted by Crippen LogP contribution is -2.36. The van der Waals surface area contributed by atoms with Crippen LogP contribution in [0.15, 0.2) is 35.5 Å². The first-order valence-electron chi connectivity index (χ1n) is 5.37. The molecule has 17 heavy (non-hydrogen) atoms. The number of carbonyl (C=O) groups excluding carboxylic acids is 1. The van der Waals surface area contributed by atoms with Gasteiger partial charge in [0.05, 0.1) is 0 Å². The van der Waals surface area contributed by atoms with Crippen LogP contribution in [0.25, 0.3) is 0 Å². The summed E-state index contributed by atoms with van der Waals surface area (Å²) < 4.78 is 0. The van der Waals surface area contributed by atoms with Crippen molar-refractivity contribution in [2.45, 2.75) is 19.9 Å². The first kappa shape index (κ1) is 13.2. The molecule has 0 saturated heterocycles. The van der Waals surface area contributed by atoms with Crippen LogP contribution in [0.5, 0.6) is 0 Å². The summed E-state index contributed by atoms with van der Waals surface area (Å²) in [5.74, 6) is -0.440. The lowest BCUT2D eigenvalue weighted by atomic mass is 10.1. The van der Waals surface area contributed by atoms with Crippen molar-refractivity contribution in [3.8, 4) is 0 Å². The molecule has 5 nitrogen and oxygen atoms in total. The van der Waals surface area contributed by atoms with Crippen molar-refractivity contribution in [2.24, 2.45) is 22.5 Å². The molecule has 1 atom stereocenters. The molecule has 5 heteroatoms. The van der Waals surface area contributed by atoms with Gasteiger partial charge in [-0.2, -0.15) is 0 Å². The normalized spacial score (nSPS) is 13.5. The van der Waals surface area contributed by atoms with Gasteiger partial charge in [0.2, 0.25) is 0 Å². The van der Waals surface area contributed by atoms with Crippen molar-refractivity contribution in [1.29, 1.82) is 0 Å². The molecule has 0 aromatic heterocycles. The molecule has 1 aromatic rings. The Labute approximate surface area is 100 Å². The van der Waals surface area contributed by atoms with Crippen LogP contribution in [-0.4, -0.2) is 17.8 Å². The zero-order chi connectivity index (χ0) is 12.8. The number of rotatable bonds is 4. The Morgan fingerprint density at radius 1 is 1.29 bits per heavy atom. The van der Waals surface area contributed by atoms with Gasteiger partial charge in [-0.25, -0.2) is 4.79 Å². The predicted molar refractivity (Wildman–Crippen MR) is 66.1 cm³/mol. The van der Waals surface area contributed by atoms with Gasteiger partial charge in [0.15, 0.2) is 5.84 Å². The maximum Gasteiger partial charge on any atom is 0.351 e. The van der Waals surface area contributed by atoms with Crippen molar-refractivity contribution in [1.82, 2.24) is 0 Å². The number of amidine groups is 1. The minimum atomic E-state index is -0.692. The van der Waals surface area contributed by atoms with E-state index in [2.05, 4.69) is 9.99 Å². The highest BCUT2D eigenvalue weighted by molar-refractivity contribution is 5.97. The fourth-order valence-corrected chi connectivity index (χ4v) is 1.09. The van der Waals surface area contributed by atoms with Crippen LogP contribution in [0, 0.1) is 5.92 Å². The number of benzene rings is 1. The van der Waals surface area contributed by atoms with Gasteiger partial charge in [-0.05, 0) is 5.92 Å². The van der Waals surface area contributed by atoms with E-state index < -0.39 is 12.0 Å². The molecule has 0 fully saturated rings. The molecule has 0 bridgehead atoms. The summed E-state index contributed by atoms with van der Waals surface area (Å²) in [4.78, 5) is 16.1. The van der Waals surface area contributed by atoms with Crippen molar-refractivity contribution >= 4 is 11.8 Å². The van der Waals surface area contributed by atoms with Crippen LogP contribution in [0.3, 0.4) is 0 Å². The van der Waals surface area contributed by atoms with E-state index in [9.17, 15) is 4.79 Å².